The summed E-state index contributed by atoms with van der Waals surface area (Å²) in [6, 6.07) is 25.7. The maximum Gasteiger partial charge on any atom is 0.315 e. The van der Waals surface area contributed by atoms with Crippen LogP contribution in [0.3, 0.4) is 0 Å². The lowest BCUT2D eigenvalue weighted by molar-refractivity contribution is 0.238. The first-order chi connectivity index (χ1) is 14.3. The zero-order valence-electron chi connectivity index (χ0n) is 15.8. The van der Waals surface area contributed by atoms with Gasteiger partial charge in [0, 0.05) is 29.4 Å². The number of aromatic nitrogens is 1. The Morgan fingerprint density at radius 3 is 2.21 bits per heavy atom. The van der Waals surface area contributed by atoms with Gasteiger partial charge in [0.1, 0.15) is 0 Å². The van der Waals surface area contributed by atoms with Gasteiger partial charge in [-0.05, 0) is 34.2 Å². The van der Waals surface area contributed by atoms with Gasteiger partial charge in [0.15, 0.2) is 0 Å². The van der Waals surface area contributed by atoms with Gasteiger partial charge in [-0.2, -0.15) is 0 Å². The molecule has 0 bridgehead atoms. The van der Waals surface area contributed by atoms with Crippen molar-refractivity contribution < 1.29 is 4.79 Å². The standard InChI is InChI=1S/C24H21N3OS/c28-24(26-16-18-14-21(17-25-15-18)22-12-7-13-29-22)27-23(19-8-3-1-4-9-19)20-10-5-2-6-11-20/h1-15,17,23H,16H2,(H2,26,27,28). The SMILES string of the molecule is O=C(NCc1cncc(-c2cccs2)c1)NC(c1ccccc1)c1ccccc1. The number of thiophene rings is 1. The number of carbonyl (C=O) groups excluding carboxylic acids is 1. The highest BCUT2D eigenvalue weighted by atomic mass is 32.1. The van der Waals surface area contributed by atoms with Crippen LogP contribution < -0.4 is 10.6 Å². The summed E-state index contributed by atoms with van der Waals surface area (Å²) in [5.41, 5.74) is 4.10. The lowest BCUT2D eigenvalue weighted by Crippen LogP contribution is -2.38. The van der Waals surface area contributed by atoms with E-state index in [0.717, 1.165) is 27.1 Å². The van der Waals surface area contributed by atoms with E-state index in [1.807, 2.05) is 78.3 Å². The zero-order chi connectivity index (χ0) is 19.9. The van der Waals surface area contributed by atoms with Crippen LogP contribution in [0.15, 0.2) is 96.6 Å². The zero-order valence-corrected chi connectivity index (χ0v) is 16.6. The van der Waals surface area contributed by atoms with E-state index in [0.29, 0.717) is 6.54 Å². The van der Waals surface area contributed by atoms with Gasteiger partial charge < -0.3 is 10.6 Å². The largest absolute Gasteiger partial charge is 0.334 e. The van der Waals surface area contributed by atoms with Crippen molar-refractivity contribution in [2.45, 2.75) is 12.6 Å². The number of hydrogen-bond donors (Lipinski definition) is 2. The van der Waals surface area contributed by atoms with Gasteiger partial charge in [-0.1, -0.05) is 66.7 Å². The third-order valence-corrected chi connectivity index (χ3v) is 5.51. The predicted octanol–water partition coefficient (Wildman–Crippen LogP) is 5.40. The smallest absolute Gasteiger partial charge is 0.315 e. The van der Waals surface area contributed by atoms with Crippen molar-refractivity contribution in [1.29, 1.82) is 0 Å². The molecule has 0 saturated carbocycles. The van der Waals surface area contributed by atoms with Crippen molar-refractivity contribution in [3.05, 3.63) is 113 Å². The van der Waals surface area contributed by atoms with Crippen molar-refractivity contribution in [1.82, 2.24) is 15.6 Å². The highest BCUT2D eigenvalue weighted by Crippen LogP contribution is 2.24. The Labute approximate surface area is 174 Å². The van der Waals surface area contributed by atoms with E-state index in [2.05, 4.69) is 27.8 Å². The summed E-state index contributed by atoms with van der Waals surface area (Å²) in [7, 11) is 0. The first-order valence-electron chi connectivity index (χ1n) is 9.41. The van der Waals surface area contributed by atoms with Crippen molar-refractivity contribution in [3.8, 4) is 10.4 Å². The van der Waals surface area contributed by atoms with Gasteiger partial charge in [0.2, 0.25) is 0 Å². The van der Waals surface area contributed by atoms with Crippen LogP contribution >= 0.6 is 11.3 Å². The first kappa shape index (κ1) is 18.9. The average molecular weight is 400 g/mol. The fourth-order valence-electron chi connectivity index (χ4n) is 3.18. The van der Waals surface area contributed by atoms with Gasteiger partial charge in [0.05, 0.1) is 6.04 Å². The molecule has 2 heterocycles. The topological polar surface area (TPSA) is 54.0 Å². The number of hydrogen-bond acceptors (Lipinski definition) is 3. The van der Waals surface area contributed by atoms with Gasteiger partial charge in [0.25, 0.3) is 0 Å². The van der Waals surface area contributed by atoms with E-state index >= 15 is 0 Å². The molecule has 4 nitrogen and oxygen atoms in total. The third-order valence-electron chi connectivity index (χ3n) is 4.59. The number of pyridine rings is 1. The fourth-order valence-corrected chi connectivity index (χ4v) is 3.88. The Bertz CT molecular complexity index is 1010. The molecule has 4 rings (SSSR count). The Hall–Kier alpha value is -3.44. The number of carbonyl (C=O) groups is 1. The van der Waals surface area contributed by atoms with E-state index in [1.165, 1.54) is 0 Å². The molecule has 0 saturated heterocycles. The van der Waals surface area contributed by atoms with Crippen molar-refractivity contribution in [3.63, 3.8) is 0 Å². The van der Waals surface area contributed by atoms with Crippen LogP contribution in [0.5, 0.6) is 0 Å². The maximum atomic E-state index is 12.6. The van der Waals surface area contributed by atoms with Crippen LogP contribution in [-0.2, 0) is 6.54 Å². The highest BCUT2D eigenvalue weighted by molar-refractivity contribution is 7.13. The Balaban J connectivity index is 1.44. The van der Waals surface area contributed by atoms with Crippen molar-refractivity contribution in [2.75, 3.05) is 0 Å². The second kappa shape index (κ2) is 9.17. The number of nitrogens with zero attached hydrogens (tertiary/aromatic N) is 1. The summed E-state index contributed by atoms with van der Waals surface area (Å²) in [5.74, 6) is 0. The molecule has 5 heteroatoms. The summed E-state index contributed by atoms with van der Waals surface area (Å²) in [6.07, 6.45) is 3.62. The van der Waals surface area contributed by atoms with Gasteiger partial charge >= 0.3 is 6.03 Å². The highest BCUT2D eigenvalue weighted by Gasteiger charge is 2.16. The third kappa shape index (κ3) is 4.89. The van der Waals surface area contributed by atoms with Crippen LogP contribution in [0.4, 0.5) is 4.79 Å². The Morgan fingerprint density at radius 1 is 0.897 bits per heavy atom. The van der Waals surface area contributed by atoms with E-state index < -0.39 is 0 Å². The molecule has 0 radical (unpaired) electrons. The molecular formula is C24H21N3OS. The minimum atomic E-state index is -0.218. The van der Waals surface area contributed by atoms with E-state index in [4.69, 9.17) is 0 Å². The summed E-state index contributed by atoms with van der Waals surface area (Å²) in [5, 5.41) is 8.09. The van der Waals surface area contributed by atoms with Crippen molar-refractivity contribution >= 4 is 17.4 Å². The van der Waals surface area contributed by atoms with Gasteiger partial charge in [-0.15, -0.1) is 11.3 Å². The fraction of sp³-hybridized carbons (Fsp3) is 0.0833. The summed E-state index contributed by atoms with van der Waals surface area (Å²) in [4.78, 5) is 18.1. The van der Waals surface area contributed by atoms with Gasteiger partial charge in [-0.3, -0.25) is 4.98 Å². The molecule has 2 N–H and O–H groups in total. The van der Waals surface area contributed by atoms with Crippen LogP contribution in [-0.4, -0.2) is 11.0 Å². The summed E-state index contributed by atoms with van der Waals surface area (Å²) < 4.78 is 0. The van der Waals surface area contributed by atoms with E-state index in [1.54, 1.807) is 17.5 Å². The average Bonchev–Trinajstić information content (AvgIpc) is 3.33. The Kier molecular flexibility index (Phi) is 5.98. The molecule has 0 atom stereocenters. The number of urea groups is 1. The molecule has 2 amide bonds. The Morgan fingerprint density at radius 2 is 1.59 bits per heavy atom. The van der Waals surface area contributed by atoms with E-state index in [-0.39, 0.29) is 12.1 Å². The maximum absolute atomic E-state index is 12.6. The number of benzene rings is 2. The predicted molar refractivity (Wildman–Crippen MR) is 118 cm³/mol. The number of amides is 2. The normalized spacial score (nSPS) is 10.7. The minimum Gasteiger partial charge on any atom is -0.334 e. The van der Waals surface area contributed by atoms with Crippen LogP contribution in [0.2, 0.25) is 0 Å². The number of rotatable bonds is 6. The van der Waals surface area contributed by atoms with Crippen molar-refractivity contribution in [2.24, 2.45) is 0 Å². The molecule has 2 aromatic carbocycles. The molecule has 29 heavy (non-hydrogen) atoms. The summed E-state index contributed by atoms with van der Waals surface area (Å²) in [6.45, 7) is 0.411. The first-order valence-corrected chi connectivity index (χ1v) is 10.3. The van der Waals surface area contributed by atoms with Crippen LogP contribution in [0.25, 0.3) is 10.4 Å². The second-order valence-electron chi connectivity index (χ2n) is 6.64. The van der Waals surface area contributed by atoms with Gasteiger partial charge in [-0.25, -0.2) is 4.79 Å². The molecule has 0 aliphatic rings. The minimum absolute atomic E-state index is 0.215. The lowest BCUT2D eigenvalue weighted by Gasteiger charge is -2.20. The molecule has 0 aliphatic carbocycles. The molecular weight excluding hydrogens is 378 g/mol. The quantitative estimate of drug-likeness (QED) is 0.456. The van der Waals surface area contributed by atoms with Crippen LogP contribution in [0.1, 0.15) is 22.7 Å². The number of nitrogens with one attached hydrogen (secondary N) is 2. The second-order valence-corrected chi connectivity index (χ2v) is 7.59. The molecule has 4 aromatic rings. The summed E-state index contributed by atoms with van der Waals surface area (Å²) >= 11 is 1.67. The molecule has 0 fully saturated rings. The van der Waals surface area contributed by atoms with Crippen LogP contribution in [0, 0.1) is 0 Å². The lowest BCUT2D eigenvalue weighted by atomic mass is 9.99. The monoisotopic (exact) mass is 399 g/mol. The molecule has 0 aliphatic heterocycles. The molecule has 0 unspecified atom stereocenters. The molecule has 2 aromatic heterocycles. The molecule has 144 valence electrons. The van der Waals surface area contributed by atoms with E-state index in [9.17, 15) is 4.79 Å². The molecule has 0 spiro atoms.